The highest BCUT2D eigenvalue weighted by atomic mass is 16.5. The highest BCUT2D eigenvalue weighted by Gasteiger charge is 2.15. The summed E-state index contributed by atoms with van der Waals surface area (Å²) in [5.74, 6) is 0. The summed E-state index contributed by atoms with van der Waals surface area (Å²) in [4.78, 5) is 2.24. The Bertz CT molecular complexity index is 596. The molecular formula is C17H25N5O2. The van der Waals surface area contributed by atoms with E-state index in [1.165, 1.54) is 5.56 Å². The molecule has 0 spiro atoms. The number of aromatic nitrogens is 3. The predicted octanol–water partition coefficient (Wildman–Crippen LogP) is 0.611. The molecule has 2 heterocycles. The number of aliphatic hydroxyl groups excluding tert-OH is 1. The molecule has 7 nitrogen and oxygen atoms in total. The molecule has 130 valence electrons. The second-order valence-corrected chi connectivity index (χ2v) is 6.14. The van der Waals surface area contributed by atoms with Gasteiger partial charge in [0.25, 0.3) is 0 Å². The zero-order valence-corrected chi connectivity index (χ0v) is 14.0. The molecule has 1 aromatic heterocycles. The smallest absolute Gasteiger partial charge is 0.0791 e. The second kappa shape index (κ2) is 8.34. The average Bonchev–Trinajstić information content (AvgIpc) is 3.15. The van der Waals surface area contributed by atoms with Crippen molar-refractivity contribution in [2.45, 2.75) is 19.1 Å². The Morgan fingerprint density at radius 2 is 2.00 bits per heavy atom. The van der Waals surface area contributed by atoms with Crippen LogP contribution >= 0.6 is 0 Å². The molecule has 7 heteroatoms. The molecule has 0 amide bonds. The van der Waals surface area contributed by atoms with Crippen LogP contribution in [-0.4, -0.2) is 70.5 Å². The van der Waals surface area contributed by atoms with E-state index < -0.39 is 0 Å². The SMILES string of the molecule is CC(NCC(O)CN1CCOCC1)c1ccc(-n2ccnn2)cc1. The maximum atomic E-state index is 10.2. The van der Waals surface area contributed by atoms with Gasteiger partial charge in [-0.1, -0.05) is 17.3 Å². The summed E-state index contributed by atoms with van der Waals surface area (Å²) >= 11 is 0. The van der Waals surface area contributed by atoms with E-state index in [9.17, 15) is 5.11 Å². The van der Waals surface area contributed by atoms with Gasteiger partial charge in [-0.05, 0) is 24.6 Å². The molecule has 1 aromatic carbocycles. The lowest BCUT2D eigenvalue weighted by Crippen LogP contribution is -2.44. The number of nitrogens with zero attached hydrogens (tertiary/aromatic N) is 4. The fourth-order valence-electron chi connectivity index (χ4n) is 2.84. The summed E-state index contributed by atoms with van der Waals surface area (Å²) in [5, 5.41) is 21.4. The quantitative estimate of drug-likeness (QED) is 0.774. The Balaban J connectivity index is 1.46. The fraction of sp³-hybridized carbons (Fsp3) is 0.529. The van der Waals surface area contributed by atoms with E-state index in [1.54, 1.807) is 10.9 Å². The second-order valence-electron chi connectivity index (χ2n) is 6.14. The summed E-state index contributed by atoms with van der Waals surface area (Å²) in [6.07, 6.45) is 3.10. The number of hydrogen-bond donors (Lipinski definition) is 2. The van der Waals surface area contributed by atoms with Crippen molar-refractivity contribution in [2.24, 2.45) is 0 Å². The van der Waals surface area contributed by atoms with Gasteiger partial charge in [-0.3, -0.25) is 4.90 Å². The average molecular weight is 331 g/mol. The summed E-state index contributed by atoms with van der Waals surface area (Å²) in [6.45, 7) is 6.68. The van der Waals surface area contributed by atoms with Crippen molar-refractivity contribution in [3.63, 3.8) is 0 Å². The lowest BCUT2D eigenvalue weighted by molar-refractivity contribution is 0.0145. The van der Waals surface area contributed by atoms with Gasteiger partial charge in [0.05, 0.1) is 37.4 Å². The van der Waals surface area contributed by atoms with Gasteiger partial charge in [0.15, 0.2) is 0 Å². The zero-order valence-electron chi connectivity index (χ0n) is 14.0. The van der Waals surface area contributed by atoms with E-state index in [1.807, 2.05) is 18.3 Å². The van der Waals surface area contributed by atoms with Crippen LogP contribution in [0.3, 0.4) is 0 Å². The number of nitrogens with one attached hydrogen (secondary N) is 1. The molecule has 1 saturated heterocycles. The first-order chi connectivity index (χ1) is 11.7. The van der Waals surface area contributed by atoms with E-state index in [4.69, 9.17) is 4.74 Å². The molecule has 1 aliphatic heterocycles. The molecule has 24 heavy (non-hydrogen) atoms. The summed E-state index contributed by atoms with van der Waals surface area (Å²) in [5.41, 5.74) is 2.16. The van der Waals surface area contributed by atoms with Crippen LogP contribution < -0.4 is 5.32 Å². The number of rotatable bonds is 7. The Morgan fingerprint density at radius 1 is 1.25 bits per heavy atom. The van der Waals surface area contributed by atoms with Gasteiger partial charge in [-0.25, -0.2) is 4.68 Å². The highest BCUT2D eigenvalue weighted by molar-refractivity contribution is 5.34. The summed E-state index contributed by atoms with van der Waals surface area (Å²) < 4.78 is 7.05. The topological polar surface area (TPSA) is 75.4 Å². The number of aliphatic hydroxyl groups is 1. The zero-order chi connectivity index (χ0) is 16.8. The lowest BCUT2D eigenvalue weighted by atomic mass is 10.1. The standard InChI is InChI=1S/C17H25N5O2/c1-14(18-12-17(23)13-21-8-10-24-11-9-21)15-2-4-16(5-3-15)22-7-6-19-20-22/h2-7,14,17-18,23H,8-13H2,1H3. The molecule has 2 atom stereocenters. The van der Waals surface area contributed by atoms with Crippen LogP contribution in [0.1, 0.15) is 18.5 Å². The fourth-order valence-corrected chi connectivity index (χ4v) is 2.84. The third-order valence-corrected chi connectivity index (χ3v) is 4.31. The van der Waals surface area contributed by atoms with E-state index >= 15 is 0 Å². The van der Waals surface area contributed by atoms with E-state index in [2.05, 4.69) is 39.6 Å². The van der Waals surface area contributed by atoms with Crippen LogP contribution in [-0.2, 0) is 4.74 Å². The number of ether oxygens (including phenoxy) is 1. The largest absolute Gasteiger partial charge is 0.390 e. The predicted molar refractivity (Wildman–Crippen MR) is 91.0 cm³/mol. The van der Waals surface area contributed by atoms with Gasteiger partial charge in [0.2, 0.25) is 0 Å². The van der Waals surface area contributed by atoms with Crippen LogP contribution in [0, 0.1) is 0 Å². The minimum absolute atomic E-state index is 0.175. The van der Waals surface area contributed by atoms with Crippen LogP contribution in [0.5, 0.6) is 0 Å². The Hall–Kier alpha value is -1.80. The maximum Gasteiger partial charge on any atom is 0.0791 e. The molecule has 0 aliphatic carbocycles. The van der Waals surface area contributed by atoms with Gasteiger partial charge in [0, 0.05) is 32.2 Å². The lowest BCUT2D eigenvalue weighted by Gasteiger charge is -2.29. The molecule has 2 unspecified atom stereocenters. The molecule has 2 N–H and O–H groups in total. The van der Waals surface area contributed by atoms with Crippen molar-refractivity contribution in [1.82, 2.24) is 25.2 Å². The first-order valence-corrected chi connectivity index (χ1v) is 8.40. The van der Waals surface area contributed by atoms with Crippen LogP contribution in [0.4, 0.5) is 0 Å². The van der Waals surface area contributed by atoms with Crippen molar-refractivity contribution in [3.8, 4) is 5.69 Å². The van der Waals surface area contributed by atoms with E-state index in [-0.39, 0.29) is 12.1 Å². The minimum atomic E-state index is -0.375. The van der Waals surface area contributed by atoms with Crippen LogP contribution in [0.25, 0.3) is 5.69 Å². The summed E-state index contributed by atoms with van der Waals surface area (Å²) in [6, 6.07) is 8.36. The Morgan fingerprint density at radius 3 is 2.67 bits per heavy atom. The number of hydrogen-bond acceptors (Lipinski definition) is 6. The third-order valence-electron chi connectivity index (χ3n) is 4.31. The van der Waals surface area contributed by atoms with Crippen molar-refractivity contribution in [1.29, 1.82) is 0 Å². The molecule has 2 aromatic rings. The molecule has 1 fully saturated rings. The van der Waals surface area contributed by atoms with Crippen LogP contribution in [0.15, 0.2) is 36.7 Å². The first-order valence-electron chi connectivity index (χ1n) is 8.40. The van der Waals surface area contributed by atoms with Gasteiger partial charge in [-0.15, -0.1) is 5.10 Å². The van der Waals surface area contributed by atoms with E-state index in [0.29, 0.717) is 13.1 Å². The number of β-amino-alcohol motifs (C(OH)–C–C–N with tert-alkyl or cyclic N) is 1. The van der Waals surface area contributed by atoms with Gasteiger partial charge in [-0.2, -0.15) is 0 Å². The Labute approximate surface area is 142 Å². The monoisotopic (exact) mass is 331 g/mol. The van der Waals surface area contributed by atoms with Gasteiger partial charge in [0.1, 0.15) is 0 Å². The van der Waals surface area contributed by atoms with Crippen molar-refractivity contribution < 1.29 is 9.84 Å². The molecular weight excluding hydrogens is 306 g/mol. The normalized spacial score (nSPS) is 18.4. The first kappa shape index (κ1) is 17.0. The highest BCUT2D eigenvalue weighted by Crippen LogP contribution is 2.15. The van der Waals surface area contributed by atoms with Gasteiger partial charge >= 0.3 is 0 Å². The molecule has 0 saturated carbocycles. The van der Waals surface area contributed by atoms with Crippen molar-refractivity contribution in [3.05, 3.63) is 42.2 Å². The molecule has 0 bridgehead atoms. The third kappa shape index (κ3) is 4.61. The minimum Gasteiger partial charge on any atom is -0.390 e. The molecule has 0 radical (unpaired) electrons. The molecule has 1 aliphatic rings. The van der Waals surface area contributed by atoms with Crippen molar-refractivity contribution in [2.75, 3.05) is 39.4 Å². The molecule has 3 rings (SSSR count). The summed E-state index contributed by atoms with van der Waals surface area (Å²) in [7, 11) is 0. The number of benzene rings is 1. The van der Waals surface area contributed by atoms with E-state index in [0.717, 1.165) is 32.0 Å². The van der Waals surface area contributed by atoms with Crippen molar-refractivity contribution >= 4 is 0 Å². The van der Waals surface area contributed by atoms with Gasteiger partial charge < -0.3 is 15.2 Å². The number of morpholine rings is 1. The maximum absolute atomic E-state index is 10.2. The Kier molecular flexibility index (Phi) is 5.92. The van der Waals surface area contributed by atoms with Crippen LogP contribution in [0.2, 0.25) is 0 Å².